The average Bonchev–Trinajstić information content (AvgIpc) is 2.61. The molecule has 2 rings (SSSR count). The van der Waals surface area contributed by atoms with Crippen LogP contribution in [-0.2, 0) is 9.53 Å². The Hall–Kier alpha value is -3.06. The number of methoxy groups -OCH3 is 1. The van der Waals surface area contributed by atoms with Crippen molar-refractivity contribution in [2.45, 2.75) is 13.0 Å². The fourth-order valence-electron chi connectivity index (χ4n) is 2.11. The van der Waals surface area contributed by atoms with E-state index in [1.807, 2.05) is 18.2 Å². The SMILES string of the molecule is CO[C@H](C(=O)N/N=C(/C)c1ccc([N+](=O)[O-])cc1)c1ccccc1. The zero-order chi connectivity index (χ0) is 17.5. The maximum atomic E-state index is 12.2. The Morgan fingerprint density at radius 2 is 1.79 bits per heavy atom. The van der Waals surface area contributed by atoms with Crippen LogP contribution in [0.1, 0.15) is 24.2 Å². The summed E-state index contributed by atoms with van der Waals surface area (Å²) in [6.45, 7) is 1.70. The first kappa shape index (κ1) is 17.3. The van der Waals surface area contributed by atoms with Crippen LogP contribution in [-0.4, -0.2) is 23.7 Å². The third-order valence-corrected chi connectivity index (χ3v) is 3.41. The van der Waals surface area contributed by atoms with E-state index in [1.54, 1.807) is 31.2 Å². The van der Waals surface area contributed by atoms with Gasteiger partial charge in [0.2, 0.25) is 0 Å². The lowest BCUT2D eigenvalue weighted by molar-refractivity contribution is -0.384. The maximum absolute atomic E-state index is 12.2. The van der Waals surface area contributed by atoms with Crippen LogP contribution in [0.3, 0.4) is 0 Å². The second-order valence-electron chi connectivity index (χ2n) is 5.00. The van der Waals surface area contributed by atoms with Crippen LogP contribution in [0.5, 0.6) is 0 Å². The van der Waals surface area contributed by atoms with Crippen molar-refractivity contribution >= 4 is 17.3 Å². The number of ether oxygens (including phenoxy) is 1. The zero-order valence-corrected chi connectivity index (χ0v) is 13.3. The van der Waals surface area contributed by atoms with Crippen LogP contribution >= 0.6 is 0 Å². The van der Waals surface area contributed by atoms with E-state index in [9.17, 15) is 14.9 Å². The third kappa shape index (κ3) is 4.23. The van der Waals surface area contributed by atoms with Crippen molar-refractivity contribution < 1.29 is 14.5 Å². The van der Waals surface area contributed by atoms with E-state index in [0.717, 1.165) is 5.56 Å². The predicted molar refractivity (Wildman–Crippen MR) is 89.6 cm³/mol. The molecular formula is C17H17N3O4. The smallest absolute Gasteiger partial charge is 0.273 e. The molecule has 0 fully saturated rings. The monoisotopic (exact) mass is 327 g/mol. The number of nitro benzene ring substituents is 1. The number of carbonyl (C=O) groups excluding carboxylic acids is 1. The van der Waals surface area contributed by atoms with Crippen LogP contribution in [0.15, 0.2) is 59.7 Å². The summed E-state index contributed by atoms with van der Waals surface area (Å²) in [5.74, 6) is -0.398. The van der Waals surface area contributed by atoms with Crippen molar-refractivity contribution in [3.63, 3.8) is 0 Å². The molecule has 7 heteroatoms. The molecule has 7 nitrogen and oxygen atoms in total. The highest BCUT2D eigenvalue weighted by atomic mass is 16.6. The molecule has 0 spiro atoms. The first-order valence-corrected chi connectivity index (χ1v) is 7.19. The summed E-state index contributed by atoms with van der Waals surface area (Å²) in [4.78, 5) is 22.4. The molecule has 1 amide bonds. The molecule has 0 saturated carbocycles. The molecule has 24 heavy (non-hydrogen) atoms. The summed E-state index contributed by atoms with van der Waals surface area (Å²) in [6, 6.07) is 15.0. The fraction of sp³-hybridized carbons (Fsp3) is 0.176. The molecule has 1 atom stereocenters. The van der Waals surface area contributed by atoms with Gasteiger partial charge < -0.3 is 4.74 Å². The number of non-ortho nitro benzene ring substituents is 1. The number of benzene rings is 2. The number of nitrogens with zero attached hydrogens (tertiary/aromatic N) is 2. The van der Waals surface area contributed by atoms with E-state index in [0.29, 0.717) is 11.3 Å². The van der Waals surface area contributed by atoms with Gasteiger partial charge in [-0.3, -0.25) is 14.9 Å². The van der Waals surface area contributed by atoms with Gasteiger partial charge in [0.25, 0.3) is 11.6 Å². The lowest BCUT2D eigenvalue weighted by Crippen LogP contribution is -2.27. The van der Waals surface area contributed by atoms with Crippen molar-refractivity contribution in [1.82, 2.24) is 5.43 Å². The van der Waals surface area contributed by atoms with Crippen molar-refractivity contribution in [1.29, 1.82) is 0 Å². The number of hydrogen-bond donors (Lipinski definition) is 1. The number of hydrogen-bond acceptors (Lipinski definition) is 5. The van der Waals surface area contributed by atoms with Crippen molar-refractivity contribution in [2.75, 3.05) is 7.11 Å². The minimum Gasteiger partial charge on any atom is -0.367 e. The van der Waals surface area contributed by atoms with E-state index in [4.69, 9.17) is 4.74 Å². The van der Waals surface area contributed by atoms with Crippen molar-refractivity contribution in [3.05, 3.63) is 75.8 Å². The molecule has 2 aromatic rings. The highest BCUT2D eigenvalue weighted by molar-refractivity contribution is 5.99. The third-order valence-electron chi connectivity index (χ3n) is 3.41. The first-order chi connectivity index (χ1) is 11.5. The number of carbonyl (C=O) groups is 1. The van der Waals surface area contributed by atoms with Gasteiger partial charge in [-0.05, 0) is 30.2 Å². The van der Waals surface area contributed by atoms with E-state index < -0.39 is 16.9 Å². The van der Waals surface area contributed by atoms with Crippen LogP contribution in [0.2, 0.25) is 0 Å². The molecule has 124 valence electrons. The second kappa shape index (κ2) is 7.98. The Labute approximate surface area is 139 Å². The molecule has 0 aliphatic heterocycles. The van der Waals surface area contributed by atoms with Gasteiger partial charge in [-0.2, -0.15) is 5.10 Å². The minimum absolute atomic E-state index is 0.000824. The Bertz CT molecular complexity index is 742. The zero-order valence-electron chi connectivity index (χ0n) is 13.3. The van der Waals surface area contributed by atoms with Crippen molar-refractivity contribution in [3.8, 4) is 0 Å². The Balaban J connectivity index is 2.08. The van der Waals surface area contributed by atoms with E-state index in [-0.39, 0.29) is 5.69 Å². The standard InChI is InChI=1S/C17H17N3O4/c1-12(13-8-10-15(11-9-13)20(22)23)18-19-17(21)16(24-2)14-6-4-3-5-7-14/h3-11,16H,1-2H3,(H,19,21)/b18-12-/t16-/m0/s1. The van der Waals surface area contributed by atoms with Crippen molar-refractivity contribution in [2.24, 2.45) is 5.10 Å². The molecule has 0 bridgehead atoms. The number of hydrazone groups is 1. The summed E-state index contributed by atoms with van der Waals surface area (Å²) < 4.78 is 5.22. The molecule has 0 radical (unpaired) electrons. The molecule has 0 saturated heterocycles. The van der Waals surface area contributed by atoms with Gasteiger partial charge in [-0.1, -0.05) is 30.3 Å². The number of nitrogens with one attached hydrogen (secondary N) is 1. The van der Waals surface area contributed by atoms with Crippen LogP contribution in [0.4, 0.5) is 5.69 Å². The highest BCUT2D eigenvalue weighted by Gasteiger charge is 2.19. The topological polar surface area (TPSA) is 93.8 Å². The Morgan fingerprint density at radius 3 is 2.33 bits per heavy atom. The normalized spacial score (nSPS) is 12.5. The van der Waals surface area contributed by atoms with Gasteiger partial charge in [-0.15, -0.1) is 0 Å². The largest absolute Gasteiger partial charge is 0.367 e. The summed E-state index contributed by atoms with van der Waals surface area (Å²) >= 11 is 0. The Kier molecular flexibility index (Phi) is 5.75. The van der Waals surface area contributed by atoms with E-state index >= 15 is 0 Å². The van der Waals surface area contributed by atoms with Crippen LogP contribution in [0.25, 0.3) is 0 Å². The molecule has 0 heterocycles. The fourth-order valence-corrected chi connectivity index (χ4v) is 2.11. The van der Waals surface area contributed by atoms with Gasteiger partial charge in [0.15, 0.2) is 6.10 Å². The number of amides is 1. The summed E-state index contributed by atoms with van der Waals surface area (Å²) in [5, 5.41) is 14.7. The number of nitro groups is 1. The van der Waals surface area contributed by atoms with Gasteiger partial charge >= 0.3 is 0 Å². The summed E-state index contributed by atoms with van der Waals surface area (Å²) in [7, 11) is 1.45. The Morgan fingerprint density at radius 1 is 1.17 bits per heavy atom. The molecular weight excluding hydrogens is 310 g/mol. The lowest BCUT2D eigenvalue weighted by Gasteiger charge is -2.13. The second-order valence-corrected chi connectivity index (χ2v) is 5.00. The van der Waals surface area contributed by atoms with Gasteiger partial charge in [0.1, 0.15) is 0 Å². The lowest BCUT2D eigenvalue weighted by atomic mass is 10.1. The molecule has 0 aliphatic rings. The molecule has 0 unspecified atom stereocenters. The van der Waals surface area contributed by atoms with Crippen LogP contribution in [0, 0.1) is 10.1 Å². The quantitative estimate of drug-likeness (QED) is 0.501. The van der Waals surface area contributed by atoms with Gasteiger partial charge in [0, 0.05) is 19.2 Å². The molecule has 0 aromatic heterocycles. The van der Waals surface area contributed by atoms with E-state index in [1.165, 1.54) is 19.2 Å². The summed E-state index contributed by atoms with van der Waals surface area (Å²) in [6.07, 6.45) is -0.764. The minimum atomic E-state index is -0.764. The first-order valence-electron chi connectivity index (χ1n) is 7.19. The van der Waals surface area contributed by atoms with Gasteiger partial charge in [0.05, 0.1) is 10.6 Å². The average molecular weight is 327 g/mol. The molecule has 1 N–H and O–H groups in total. The molecule has 2 aromatic carbocycles. The maximum Gasteiger partial charge on any atom is 0.273 e. The molecule has 0 aliphatic carbocycles. The predicted octanol–water partition coefficient (Wildman–Crippen LogP) is 2.82. The summed E-state index contributed by atoms with van der Waals surface area (Å²) in [5.41, 5.74) is 4.38. The number of rotatable bonds is 6. The van der Waals surface area contributed by atoms with E-state index in [2.05, 4.69) is 10.5 Å². The van der Waals surface area contributed by atoms with Crippen LogP contribution < -0.4 is 5.43 Å². The van der Waals surface area contributed by atoms with Gasteiger partial charge in [-0.25, -0.2) is 5.43 Å². The highest BCUT2D eigenvalue weighted by Crippen LogP contribution is 2.16.